The summed E-state index contributed by atoms with van der Waals surface area (Å²) in [6, 6.07) is 15.4. The van der Waals surface area contributed by atoms with Gasteiger partial charge in [-0.1, -0.05) is 33.8 Å². The Morgan fingerprint density at radius 1 is 1.06 bits per heavy atom. The third-order valence-corrected chi connectivity index (χ3v) is 9.35. The van der Waals surface area contributed by atoms with Gasteiger partial charge in [-0.05, 0) is 92.2 Å². The maximum atomic E-state index is 14.3. The molecule has 5 rings (SSSR count). The summed E-state index contributed by atoms with van der Waals surface area (Å²) in [7, 11) is 1.65. The summed E-state index contributed by atoms with van der Waals surface area (Å²) in [4.78, 5) is 39.5. The van der Waals surface area contributed by atoms with E-state index < -0.39 is 11.9 Å². The maximum absolute atomic E-state index is 14.3. The average Bonchev–Trinajstić information content (AvgIpc) is 3.89. The number of amides is 1. The second-order valence-corrected chi connectivity index (χ2v) is 14.4. The maximum Gasteiger partial charge on any atom is 0.307 e. The number of hydrogen-bond donors (Lipinski definition) is 1. The molecule has 2 aromatic heterocycles. The number of piperidine rings is 1. The van der Waals surface area contributed by atoms with Crippen LogP contribution in [0.1, 0.15) is 87.3 Å². The van der Waals surface area contributed by atoms with Crippen molar-refractivity contribution < 1.29 is 24.2 Å². The Balaban J connectivity index is 1.28. The molecule has 1 amide bonds. The first-order chi connectivity index (χ1) is 22.5. The lowest BCUT2D eigenvalue weighted by Crippen LogP contribution is -2.41. The van der Waals surface area contributed by atoms with E-state index in [-0.39, 0.29) is 17.2 Å². The van der Waals surface area contributed by atoms with Crippen LogP contribution >= 0.6 is 0 Å². The van der Waals surface area contributed by atoms with Crippen LogP contribution in [0.5, 0.6) is 11.6 Å². The van der Waals surface area contributed by atoms with Crippen molar-refractivity contribution in [2.45, 2.75) is 72.6 Å². The van der Waals surface area contributed by atoms with E-state index in [2.05, 4.69) is 30.7 Å². The van der Waals surface area contributed by atoms with Crippen LogP contribution in [0.2, 0.25) is 0 Å². The fraction of sp³-hybridized carbons (Fsp3) is 0.526. The van der Waals surface area contributed by atoms with Gasteiger partial charge in [0.25, 0.3) is 5.91 Å². The SMILES string of the molecule is CCC(C(=O)O)[C@@H](c1ccnc(OCC2CCN(c3cc(OC)ccc3C(=O)N(CC(C)(C)C)c3cccc(C)n3)CC2)c1)C1CC1. The van der Waals surface area contributed by atoms with Crippen LogP contribution in [0.25, 0.3) is 0 Å². The van der Waals surface area contributed by atoms with Crippen molar-refractivity contribution >= 4 is 23.4 Å². The number of carbonyl (C=O) groups excluding carboxylic acids is 1. The van der Waals surface area contributed by atoms with Gasteiger partial charge in [-0.3, -0.25) is 14.5 Å². The van der Waals surface area contributed by atoms with Gasteiger partial charge in [0, 0.05) is 49.6 Å². The standard InChI is InChI=1S/C38H50N4O5/c1-7-30(37(44)45)35(27-11-12-27)28-15-18-39-34(21-28)47-23-26-16-19-41(20-17-26)32-22-29(46-6)13-14-31(32)36(43)42(24-38(3,4)5)33-10-8-9-25(2)40-33/h8-10,13-15,18,21-22,26-27,30,35H,7,11-12,16-17,19-20,23-24H2,1-6H3,(H,44,45)/t30?,35-/m1/s1. The molecule has 1 aliphatic heterocycles. The first-order valence-electron chi connectivity index (χ1n) is 17.0. The summed E-state index contributed by atoms with van der Waals surface area (Å²) in [6.45, 7) is 12.9. The molecule has 2 fully saturated rings. The Kier molecular flexibility index (Phi) is 10.7. The number of nitrogens with zero attached hydrogens (tertiary/aromatic N) is 4. The quantitative estimate of drug-likeness (QED) is 0.206. The molecule has 47 heavy (non-hydrogen) atoms. The molecule has 9 heteroatoms. The van der Waals surface area contributed by atoms with Crippen LogP contribution < -0.4 is 19.3 Å². The third-order valence-electron chi connectivity index (χ3n) is 9.35. The number of aliphatic carboxylic acids is 1. The molecule has 1 aliphatic carbocycles. The van der Waals surface area contributed by atoms with Crippen molar-refractivity contribution in [1.29, 1.82) is 0 Å². The Morgan fingerprint density at radius 2 is 1.81 bits per heavy atom. The van der Waals surface area contributed by atoms with Crippen LogP contribution in [0.3, 0.4) is 0 Å². The molecule has 252 valence electrons. The predicted molar refractivity (Wildman–Crippen MR) is 185 cm³/mol. The van der Waals surface area contributed by atoms with Crippen molar-refractivity contribution in [3.63, 3.8) is 0 Å². The van der Waals surface area contributed by atoms with Crippen molar-refractivity contribution in [3.05, 3.63) is 71.5 Å². The second-order valence-electron chi connectivity index (χ2n) is 14.4. The van der Waals surface area contributed by atoms with E-state index in [0.29, 0.717) is 54.4 Å². The number of benzene rings is 1. The van der Waals surface area contributed by atoms with E-state index in [1.165, 1.54) is 0 Å². The number of rotatable bonds is 13. The van der Waals surface area contributed by atoms with Gasteiger partial charge in [0.1, 0.15) is 11.6 Å². The Hall–Kier alpha value is -4.14. The first-order valence-corrected chi connectivity index (χ1v) is 17.0. The number of aryl methyl sites for hydroxylation is 1. The van der Waals surface area contributed by atoms with E-state index >= 15 is 0 Å². The molecule has 1 N–H and O–H groups in total. The highest BCUT2D eigenvalue weighted by atomic mass is 16.5. The molecular formula is C38H50N4O5. The van der Waals surface area contributed by atoms with E-state index in [9.17, 15) is 14.7 Å². The smallest absolute Gasteiger partial charge is 0.307 e. The Labute approximate surface area is 279 Å². The molecule has 1 saturated carbocycles. The van der Waals surface area contributed by atoms with Crippen LogP contribution in [0.15, 0.2) is 54.7 Å². The highest BCUT2D eigenvalue weighted by Crippen LogP contribution is 2.48. The van der Waals surface area contributed by atoms with Gasteiger partial charge >= 0.3 is 5.97 Å². The summed E-state index contributed by atoms with van der Waals surface area (Å²) in [5.41, 5.74) is 3.24. The Morgan fingerprint density at radius 3 is 2.43 bits per heavy atom. The normalized spacial score (nSPS) is 16.8. The number of pyridine rings is 2. The van der Waals surface area contributed by atoms with Crippen LogP contribution in [-0.4, -0.2) is 60.3 Å². The third kappa shape index (κ3) is 8.62. The lowest BCUT2D eigenvalue weighted by atomic mass is 9.81. The molecule has 1 saturated heterocycles. The zero-order valence-corrected chi connectivity index (χ0v) is 28.7. The number of carbonyl (C=O) groups is 2. The van der Waals surface area contributed by atoms with Gasteiger partial charge in [-0.2, -0.15) is 0 Å². The summed E-state index contributed by atoms with van der Waals surface area (Å²) in [5.74, 6) is 1.44. The molecule has 9 nitrogen and oxygen atoms in total. The van der Waals surface area contributed by atoms with Gasteiger partial charge in [-0.15, -0.1) is 0 Å². The van der Waals surface area contributed by atoms with E-state index in [0.717, 1.165) is 55.7 Å². The molecule has 1 unspecified atom stereocenters. The van der Waals surface area contributed by atoms with E-state index in [4.69, 9.17) is 14.5 Å². The van der Waals surface area contributed by atoms with Crippen molar-refractivity contribution in [2.75, 3.05) is 43.2 Å². The van der Waals surface area contributed by atoms with E-state index in [1.807, 2.05) is 62.4 Å². The minimum atomic E-state index is -0.731. The summed E-state index contributed by atoms with van der Waals surface area (Å²) in [6.07, 6.45) is 6.29. The predicted octanol–water partition coefficient (Wildman–Crippen LogP) is 7.39. The van der Waals surface area contributed by atoms with Crippen LogP contribution in [-0.2, 0) is 4.79 Å². The number of carboxylic acids is 1. The number of anilines is 2. The van der Waals surface area contributed by atoms with Gasteiger partial charge in [-0.25, -0.2) is 9.97 Å². The molecule has 3 heterocycles. The molecule has 0 radical (unpaired) electrons. The number of aromatic nitrogens is 2. The minimum Gasteiger partial charge on any atom is -0.497 e. The highest BCUT2D eigenvalue weighted by molar-refractivity contribution is 6.09. The van der Waals surface area contributed by atoms with Crippen molar-refractivity contribution in [2.24, 2.45) is 23.2 Å². The number of hydrogen-bond acceptors (Lipinski definition) is 7. The first kappa shape index (κ1) is 34.2. The lowest BCUT2D eigenvalue weighted by molar-refractivity contribution is -0.142. The number of carboxylic acid groups (broad SMARTS) is 1. The summed E-state index contributed by atoms with van der Waals surface area (Å²) >= 11 is 0. The van der Waals surface area contributed by atoms with Gasteiger partial charge in [0.2, 0.25) is 5.88 Å². The van der Waals surface area contributed by atoms with Gasteiger partial charge in [0.15, 0.2) is 0 Å². The van der Waals surface area contributed by atoms with E-state index in [1.54, 1.807) is 18.2 Å². The van der Waals surface area contributed by atoms with Crippen molar-refractivity contribution in [1.82, 2.24) is 9.97 Å². The Bertz CT molecular complexity index is 1540. The fourth-order valence-electron chi connectivity index (χ4n) is 6.76. The van der Waals surface area contributed by atoms with Gasteiger partial charge < -0.3 is 19.5 Å². The second kappa shape index (κ2) is 14.7. The average molecular weight is 643 g/mol. The van der Waals surface area contributed by atoms with Gasteiger partial charge in [0.05, 0.1) is 30.9 Å². The topological polar surface area (TPSA) is 105 Å². The van der Waals surface area contributed by atoms with Crippen LogP contribution in [0, 0.1) is 30.1 Å². The monoisotopic (exact) mass is 642 g/mol. The summed E-state index contributed by atoms with van der Waals surface area (Å²) in [5, 5.41) is 9.86. The summed E-state index contributed by atoms with van der Waals surface area (Å²) < 4.78 is 11.8. The zero-order chi connectivity index (χ0) is 33.7. The van der Waals surface area contributed by atoms with Crippen LogP contribution in [0.4, 0.5) is 11.5 Å². The molecule has 0 bridgehead atoms. The molecular weight excluding hydrogens is 592 g/mol. The minimum absolute atomic E-state index is 0.00752. The number of ether oxygens (including phenoxy) is 2. The molecule has 3 aromatic rings. The number of methoxy groups -OCH3 is 1. The van der Waals surface area contributed by atoms with Crippen molar-refractivity contribution in [3.8, 4) is 11.6 Å². The zero-order valence-electron chi connectivity index (χ0n) is 28.7. The molecule has 0 spiro atoms. The highest BCUT2D eigenvalue weighted by Gasteiger charge is 2.40. The molecule has 1 aromatic carbocycles. The largest absolute Gasteiger partial charge is 0.497 e. The molecule has 2 aliphatic rings. The fourth-order valence-corrected chi connectivity index (χ4v) is 6.76. The lowest BCUT2D eigenvalue weighted by Gasteiger charge is -2.36. The molecule has 2 atom stereocenters.